The van der Waals surface area contributed by atoms with Crippen LogP contribution in [0, 0.1) is 6.92 Å². The molecule has 5 heterocycles. The van der Waals surface area contributed by atoms with Gasteiger partial charge in [0.25, 0.3) is 0 Å². The number of thiophene rings is 1. The minimum atomic E-state index is 0.680. The predicted molar refractivity (Wildman–Crippen MR) is 138 cm³/mol. The maximum atomic E-state index is 4.59. The second-order valence-electron chi connectivity index (χ2n) is 8.07. The number of aromatic amines is 2. The summed E-state index contributed by atoms with van der Waals surface area (Å²) < 4.78 is 0. The SMILES string of the molecule is C=C/C=C(/c1ccsc1)c1cc(-c2[nH]nc3ncc(-c4cncc(N(C)C)c4)cc23)[nH]c1C. The quantitative estimate of drug-likeness (QED) is 0.307. The van der Waals surface area contributed by atoms with Crippen LogP contribution in [0.4, 0.5) is 5.69 Å². The van der Waals surface area contributed by atoms with Crippen molar-refractivity contribution >= 4 is 33.6 Å². The molecule has 0 bridgehead atoms. The van der Waals surface area contributed by atoms with Gasteiger partial charge in [-0.25, -0.2) is 4.98 Å². The molecule has 33 heavy (non-hydrogen) atoms. The van der Waals surface area contributed by atoms with E-state index in [1.165, 1.54) is 5.56 Å². The molecule has 0 aliphatic heterocycles. The maximum absolute atomic E-state index is 4.59. The number of anilines is 1. The Bertz CT molecular complexity index is 1470. The molecule has 0 amide bonds. The molecule has 6 nitrogen and oxygen atoms in total. The Morgan fingerprint density at radius 2 is 1.97 bits per heavy atom. The smallest absolute Gasteiger partial charge is 0.181 e. The van der Waals surface area contributed by atoms with E-state index in [1.807, 2.05) is 43.7 Å². The molecule has 0 saturated heterocycles. The fourth-order valence-corrected chi connectivity index (χ4v) is 4.60. The number of aromatic nitrogens is 5. The van der Waals surface area contributed by atoms with Gasteiger partial charge in [-0.15, -0.1) is 0 Å². The van der Waals surface area contributed by atoms with Crippen LogP contribution in [0.2, 0.25) is 0 Å². The largest absolute Gasteiger partial charge is 0.376 e. The molecule has 0 radical (unpaired) electrons. The van der Waals surface area contributed by atoms with Gasteiger partial charge in [-0.05, 0) is 53.1 Å². The highest BCUT2D eigenvalue weighted by atomic mass is 32.1. The van der Waals surface area contributed by atoms with Crippen molar-refractivity contribution in [1.29, 1.82) is 0 Å². The lowest BCUT2D eigenvalue weighted by molar-refractivity contribution is 1.09. The van der Waals surface area contributed by atoms with Crippen molar-refractivity contribution in [1.82, 2.24) is 25.1 Å². The van der Waals surface area contributed by atoms with Crippen LogP contribution in [0.1, 0.15) is 16.8 Å². The summed E-state index contributed by atoms with van der Waals surface area (Å²) in [5, 5.41) is 12.8. The van der Waals surface area contributed by atoms with Crippen LogP contribution in [0.3, 0.4) is 0 Å². The molecule has 0 aliphatic rings. The maximum Gasteiger partial charge on any atom is 0.181 e. The van der Waals surface area contributed by atoms with Crippen molar-refractivity contribution in [2.75, 3.05) is 19.0 Å². The molecule has 5 aromatic rings. The zero-order valence-electron chi connectivity index (χ0n) is 18.8. The van der Waals surface area contributed by atoms with E-state index in [9.17, 15) is 0 Å². The molecule has 0 saturated carbocycles. The number of hydrogen-bond acceptors (Lipinski definition) is 5. The first-order valence-electron chi connectivity index (χ1n) is 10.6. The number of rotatable bonds is 6. The third kappa shape index (κ3) is 3.87. The zero-order valence-corrected chi connectivity index (χ0v) is 19.6. The summed E-state index contributed by atoms with van der Waals surface area (Å²) in [6, 6.07) is 8.52. The van der Waals surface area contributed by atoms with Crippen molar-refractivity contribution < 1.29 is 0 Å². The lowest BCUT2D eigenvalue weighted by Crippen LogP contribution is -2.08. The Balaban J connectivity index is 1.60. The van der Waals surface area contributed by atoms with E-state index in [0.29, 0.717) is 5.65 Å². The van der Waals surface area contributed by atoms with Crippen LogP contribution in [-0.4, -0.2) is 39.2 Å². The van der Waals surface area contributed by atoms with Gasteiger partial charge in [0.05, 0.1) is 23.3 Å². The van der Waals surface area contributed by atoms with Crippen molar-refractivity contribution in [3.8, 4) is 22.5 Å². The normalized spacial score (nSPS) is 11.8. The van der Waals surface area contributed by atoms with Gasteiger partial charge < -0.3 is 9.88 Å². The Kier molecular flexibility index (Phi) is 5.40. The van der Waals surface area contributed by atoms with E-state index in [2.05, 4.69) is 79.8 Å². The minimum Gasteiger partial charge on any atom is -0.376 e. The number of nitrogens with one attached hydrogen (secondary N) is 2. The molecule has 164 valence electrons. The van der Waals surface area contributed by atoms with Crippen LogP contribution < -0.4 is 4.90 Å². The van der Waals surface area contributed by atoms with E-state index >= 15 is 0 Å². The lowest BCUT2D eigenvalue weighted by atomic mass is 10.00. The molecule has 5 aromatic heterocycles. The third-order valence-electron chi connectivity index (χ3n) is 5.67. The summed E-state index contributed by atoms with van der Waals surface area (Å²) in [5.74, 6) is 0. The average molecular weight is 453 g/mol. The third-order valence-corrected chi connectivity index (χ3v) is 6.36. The molecular formula is C26H24N6S. The molecular weight excluding hydrogens is 428 g/mol. The van der Waals surface area contributed by atoms with Gasteiger partial charge >= 0.3 is 0 Å². The van der Waals surface area contributed by atoms with Gasteiger partial charge in [-0.3, -0.25) is 10.1 Å². The van der Waals surface area contributed by atoms with Crippen LogP contribution in [-0.2, 0) is 0 Å². The highest BCUT2D eigenvalue weighted by Crippen LogP contribution is 2.34. The molecule has 5 rings (SSSR count). The van der Waals surface area contributed by atoms with Gasteiger partial charge in [-0.2, -0.15) is 16.4 Å². The summed E-state index contributed by atoms with van der Waals surface area (Å²) >= 11 is 1.69. The topological polar surface area (TPSA) is 73.5 Å². The van der Waals surface area contributed by atoms with E-state index in [1.54, 1.807) is 11.3 Å². The summed E-state index contributed by atoms with van der Waals surface area (Å²) in [5.41, 5.74) is 10.1. The van der Waals surface area contributed by atoms with Crippen molar-refractivity contribution in [3.05, 3.63) is 89.2 Å². The van der Waals surface area contributed by atoms with Gasteiger partial charge in [0.1, 0.15) is 0 Å². The summed E-state index contributed by atoms with van der Waals surface area (Å²) in [6.45, 7) is 5.99. The van der Waals surface area contributed by atoms with Gasteiger partial charge in [0, 0.05) is 54.3 Å². The fourth-order valence-electron chi connectivity index (χ4n) is 3.94. The highest BCUT2D eigenvalue weighted by molar-refractivity contribution is 7.08. The first-order valence-corrected chi connectivity index (χ1v) is 11.5. The van der Waals surface area contributed by atoms with E-state index < -0.39 is 0 Å². The highest BCUT2D eigenvalue weighted by Gasteiger charge is 2.17. The lowest BCUT2D eigenvalue weighted by Gasteiger charge is -2.12. The molecule has 7 heteroatoms. The zero-order chi connectivity index (χ0) is 22.9. The monoisotopic (exact) mass is 452 g/mol. The Labute approximate surface area is 196 Å². The van der Waals surface area contributed by atoms with Crippen molar-refractivity contribution in [2.24, 2.45) is 0 Å². The van der Waals surface area contributed by atoms with E-state index in [-0.39, 0.29) is 0 Å². The molecule has 0 aliphatic carbocycles. The molecule has 0 fully saturated rings. The second-order valence-corrected chi connectivity index (χ2v) is 8.85. The molecule has 0 atom stereocenters. The van der Waals surface area contributed by atoms with Crippen LogP contribution in [0.5, 0.6) is 0 Å². The standard InChI is InChI=1S/C26H24N6S/c1-5-6-21(17-7-8-33-15-17)22-11-24(29-16(22)2)25-23-10-19(13-28-26(23)31-30-25)18-9-20(32(3)4)14-27-12-18/h5-15,29H,1H2,2-4H3,(H,28,30,31)/b21-6-. The number of allylic oxidation sites excluding steroid dienone is 2. The first kappa shape index (κ1) is 20.9. The number of pyridine rings is 2. The second kappa shape index (κ2) is 8.52. The number of hydrogen-bond donors (Lipinski definition) is 2. The molecule has 0 unspecified atom stereocenters. The summed E-state index contributed by atoms with van der Waals surface area (Å²) in [6.07, 6.45) is 9.44. The van der Waals surface area contributed by atoms with Crippen molar-refractivity contribution in [3.63, 3.8) is 0 Å². The molecule has 0 spiro atoms. The number of nitrogens with zero attached hydrogens (tertiary/aromatic N) is 4. The Morgan fingerprint density at radius 1 is 1.12 bits per heavy atom. The Morgan fingerprint density at radius 3 is 2.73 bits per heavy atom. The molecule has 2 N–H and O–H groups in total. The van der Waals surface area contributed by atoms with Gasteiger partial charge in [0.15, 0.2) is 5.65 Å². The molecule has 0 aromatic carbocycles. The summed E-state index contributed by atoms with van der Waals surface area (Å²) in [4.78, 5) is 14.6. The number of aryl methyl sites for hydroxylation is 1. The van der Waals surface area contributed by atoms with Crippen LogP contribution in [0.25, 0.3) is 39.1 Å². The predicted octanol–water partition coefficient (Wildman–Crippen LogP) is 6.07. The van der Waals surface area contributed by atoms with Crippen LogP contribution in [0.15, 0.2) is 72.3 Å². The van der Waals surface area contributed by atoms with Crippen LogP contribution >= 0.6 is 11.3 Å². The van der Waals surface area contributed by atoms with Crippen molar-refractivity contribution in [2.45, 2.75) is 6.92 Å². The fraction of sp³-hybridized carbons (Fsp3) is 0.115. The summed E-state index contributed by atoms with van der Waals surface area (Å²) in [7, 11) is 4.01. The number of H-pyrrole nitrogens is 2. The van der Waals surface area contributed by atoms with Gasteiger partial charge in [-0.1, -0.05) is 18.7 Å². The first-order chi connectivity index (χ1) is 16.0. The van der Waals surface area contributed by atoms with E-state index in [4.69, 9.17) is 0 Å². The Hall–Kier alpha value is -3.97. The number of fused-ring (bicyclic) bond motifs is 1. The van der Waals surface area contributed by atoms with E-state index in [0.717, 1.165) is 50.4 Å². The average Bonchev–Trinajstić information content (AvgIpc) is 3.57. The minimum absolute atomic E-state index is 0.680. The van der Waals surface area contributed by atoms with Gasteiger partial charge in [0.2, 0.25) is 0 Å².